The number of benzene rings is 7. The summed E-state index contributed by atoms with van der Waals surface area (Å²) in [6.07, 6.45) is 0. The predicted molar refractivity (Wildman–Crippen MR) is 207 cm³/mol. The number of ether oxygens (including phenoxy) is 1. The minimum absolute atomic E-state index is 0.868. The highest BCUT2D eigenvalue weighted by atomic mass is 16.5. The zero-order chi connectivity index (χ0) is 33.3. The zero-order valence-corrected chi connectivity index (χ0v) is 27.8. The second kappa shape index (κ2) is 11.0. The van der Waals surface area contributed by atoms with Gasteiger partial charge < -0.3 is 18.8 Å². The van der Waals surface area contributed by atoms with Gasteiger partial charge in [0, 0.05) is 33.2 Å². The molecule has 0 spiro atoms. The lowest BCUT2D eigenvalue weighted by molar-refractivity contribution is 0.476. The van der Waals surface area contributed by atoms with E-state index in [1.807, 2.05) is 0 Å². The van der Waals surface area contributed by atoms with Crippen molar-refractivity contribution in [2.75, 3.05) is 4.90 Å². The normalized spacial score (nSPS) is 12.3. The summed E-state index contributed by atoms with van der Waals surface area (Å²) in [5.41, 5.74) is 13.6. The molecule has 0 radical (unpaired) electrons. The Hall–Kier alpha value is -6.52. The number of fused-ring (bicyclic) bond motifs is 7. The smallest absolute Gasteiger partial charge is 0.151 e. The van der Waals surface area contributed by atoms with Gasteiger partial charge in [-0.2, -0.15) is 0 Å². The van der Waals surface area contributed by atoms with Crippen molar-refractivity contribution in [1.82, 2.24) is 9.13 Å². The molecule has 4 heteroatoms. The molecule has 1 aliphatic rings. The Morgan fingerprint density at radius 1 is 0.440 bits per heavy atom. The van der Waals surface area contributed by atoms with Gasteiger partial charge in [0.2, 0.25) is 0 Å². The summed E-state index contributed by atoms with van der Waals surface area (Å²) in [5.74, 6) is 1.74. The first kappa shape index (κ1) is 28.5. The fourth-order valence-electron chi connectivity index (χ4n) is 7.73. The maximum atomic E-state index is 6.44. The number of rotatable bonds is 4. The van der Waals surface area contributed by atoms with E-state index in [0.717, 1.165) is 39.9 Å². The Morgan fingerprint density at radius 2 is 1.04 bits per heavy atom. The molecule has 10 rings (SSSR count). The fourth-order valence-corrected chi connectivity index (χ4v) is 7.73. The summed E-state index contributed by atoms with van der Waals surface area (Å²) in [6, 6.07) is 58.9. The third-order valence-corrected chi connectivity index (χ3v) is 9.98. The minimum atomic E-state index is 0.868. The first-order valence-electron chi connectivity index (χ1n) is 17.1. The van der Waals surface area contributed by atoms with Crippen LogP contribution in [0.3, 0.4) is 0 Å². The van der Waals surface area contributed by atoms with Crippen LogP contribution in [-0.4, -0.2) is 9.13 Å². The highest BCUT2D eigenvalue weighted by molar-refractivity contribution is 6.19. The largest absolute Gasteiger partial charge is 0.453 e. The molecule has 3 heterocycles. The molecule has 0 aliphatic carbocycles. The highest BCUT2D eigenvalue weighted by Crippen LogP contribution is 2.51. The Bertz CT molecular complexity index is 2690. The molecule has 50 heavy (non-hydrogen) atoms. The van der Waals surface area contributed by atoms with Crippen molar-refractivity contribution in [3.63, 3.8) is 0 Å². The standard InChI is InChI=1S/C46H33N3O/c1-30-17-25-40-43(27-30)50-44-28-31(2)18-26-41(44)47(40)35-20-22-36(23-21-35)48-39-16-10-9-15-37(39)38-24-19-33-29-42(32-11-5-3-6-12-32)49(45(33)46(38)48)34-13-7-4-8-14-34/h3-29H,1-2H3. The summed E-state index contributed by atoms with van der Waals surface area (Å²) in [6.45, 7) is 4.21. The molecule has 238 valence electrons. The Morgan fingerprint density at radius 3 is 1.74 bits per heavy atom. The lowest BCUT2D eigenvalue weighted by Crippen LogP contribution is -2.16. The molecule has 4 nitrogen and oxygen atoms in total. The summed E-state index contributed by atoms with van der Waals surface area (Å²) in [7, 11) is 0. The molecule has 2 aromatic heterocycles. The van der Waals surface area contributed by atoms with E-state index >= 15 is 0 Å². The van der Waals surface area contributed by atoms with Gasteiger partial charge >= 0.3 is 0 Å². The van der Waals surface area contributed by atoms with Crippen molar-refractivity contribution in [3.05, 3.63) is 175 Å². The molecule has 0 atom stereocenters. The molecule has 0 bridgehead atoms. The van der Waals surface area contributed by atoms with Gasteiger partial charge in [0.1, 0.15) is 0 Å². The van der Waals surface area contributed by atoms with Crippen LogP contribution < -0.4 is 9.64 Å². The monoisotopic (exact) mass is 643 g/mol. The SMILES string of the molecule is Cc1ccc2c(c1)Oc1cc(C)ccc1N2c1ccc(-n2c3ccccc3c3ccc4cc(-c5ccccc5)n(-c5ccccc5)c4c32)cc1. The van der Waals surface area contributed by atoms with Gasteiger partial charge in [-0.15, -0.1) is 0 Å². The van der Waals surface area contributed by atoms with Gasteiger partial charge in [-0.05, 0) is 103 Å². The molecule has 0 saturated carbocycles. The van der Waals surface area contributed by atoms with E-state index in [-0.39, 0.29) is 0 Å². The number of aromatic nitrogens is 2. The third-order valence-electron chi connectivity index (χ3n) is 9.98. The maximum absolute atomic E-state index is 6.44. The van der Waals surface area contributed by atoms with Crippen LogP contribution in [0.2, 0.25) is 0 Å². The second-order valence-electron chi connectivity index (χ2n) is 13.2. The first-order valence-corrected chi connectivity index (χ1v) is 17.1. The van der Waals surface area contributed by atoms with Gasteiger partial charge in [0.15, 0.2) is 11.5 Å². The quantitative estimate of drug-likeness (QED) is 0.190. The maximum Gasteiger partial charge on any atom is 0.151 e. The van der Waals surface area contributed by atoms with Gasteiger partial charge in [-0.3, -0.25) is 0 Å². The van der Waals surface area contributed by atoms with Gasteiger partial charge in [0.05, 0.1) is 33.6 Å². The average molecular weight is 644 g/mol. The van der Waals surface area contributed by atoms with Crippen LogP contribution in [0.5, 0.6) is 11.5 Å². The Labute approximate surface area is 290 Å². The summed E-state index contributed by atoms with van der Waals surface area (Å²) < 4.78 is 11.3. The van der Waals surface area contributed by atoms with Crippen molar-refractivity contribution in [2.24, 2.45) is 0 Å². The van der Waals surface area contributed by atoms with Crippen molar-refractivity contribution in [3.8, 4) is 34.1 Å². The van der Waals surface area contributed by atoms with Crippen LogP contribution in [0.1, 0.15) is 11.1 Å². The molecule has 9 aromatic rings. The van der Waals surface area contributed by atoms with Crippen LogP contribution in [0, 0.1) is 13.8 Å². The number of hydrogen-bond donors (Lipinski definition) is 0. The molecular formula is C46H33N3O. The van der Waals surface area contributed by atoms with Crippen LogP contribution in [0.25, 0.3) is 55.3 Å². The van der Waals surface area contributed by atoms with Gasteiger partial charge in [-0.25, -0.2) is 0 Å². The number of aryl methyl sites for hydroxylation is 2. The van der Waals surface area contributed by atoms with Gasteiger partial charge in [0.25, 0.3) is 0 Å². The molecule has 7 aromatic carbocycles. The number of para-hydroxylation sites is 2. The number of anilines is 3. The highest BCUT2D eigenvalue weighted by Gasteiger charge is 2.27. The summed E-state index contributed by atoms with van der Waals surface area (Å²) >= 11 is 0. The molecule has 0 N–H and O–H groups in total. The van der Waals surface area contributed by atoms with E-state index in [0.29, 0.717) is 0 Å². The van der Waals surface area contributed by atoms with Crippen LogP contribution in [0.4, 0.5) is 17.1 Å². The van der Waals surface area contributed by atoms with Crippen molar-refractivity contribution in [1.29, 1.82) is 0 Å². The van der Waals surface area contributed by atoms with E-state index in [1.165, 1.54) is 55.1 Å². The topological polar surface area (TPSA) is 22.3 Å². The van der Waals surface area contributed by atoms with Crippen molar-refractivity contribution < 1.29 is 4.74 Å². The van der Waals surface area contributed by atoms with E-state index in [9.17, 15) is 0 Å². The molecular weight excluding hydrogens is 611 g/mol. The lowest BCUT2D eigenvalue weighted by atomic mass is 10.1. The Kier molecular flexibility index (Phi) is 6.27. The molecule has 0 saturated heterocycles. The third kappa shape index (κ3) is 4.32. The Balaban J connectivity index is 1.22. The summed E-state index contributed by atoms with van der Waals surface area (Å²) in [4.78, 5) is 2.31. The van der Waals surface area contributed by atoms with E-state index < -0.39 is 0 Å². The summed E-state index contributed by atoms with van der Waals surface area (Å²) in [5, 5.41) is 3.67. The van der Waals surface area contributed by atoms with Crippen molar-refractivity contribution >= 4 is 49.8 Å². The van der Waals surface area contributed by atoms with E-state index in [2.05, 4.69) is 192 Å². The first-order chi connectivity index (χ1) is 24.6. The molecule has 1 aliphatic heterocycles. The van der Waals surface area contributed by atoms with Crippen LogP contribution in [-0.2, 0) is 0 Å². The molecule has 0 unspecified atom stereocenters. The molecule has 0 amide bonds. The van der Waals surface area contributed by atoms with Crippen LogP contribution >= 0.6 is 0 Å². The molecule has 0 fully saturated rings. The zero-order valence-electron chi connectivity index (χ0n) is 27.8. The van der Waals surface area contributed by atoms with Gasteiger partial charge in [-0.1, -0.05) is 91.0 Å². The minimum Gasteiger partial charge on any atom is -0.453 e. The second-order valence-corrected chi connectivity index (χ2v) is 13.2. The van der Waals surface area contributed by atoms with Crippen molar-refractivity contribution in [2.45, 2.75) is 13.8 Å². The van der Waals surface area contributed by atoms with Crippen LogP contribution in [0.15, 0.2) is 164 Å². The lowest BCUT2D eigenvalue weighted by Gasteiger charge is -2.33. The number of nitrogens with zero attached hydrogens (tertiary/aromatic N) is 3. The number of hydrogen-bond acceptors (Lipinski definition) is 2. The predicted octanol–water partition coefficient (Wildman–Crippen LogP) is 12.6. The fraction of sp³-hybridized carbons (Fsp3) is 0.0435. The average Bonchev–Trinajstić information content (AvgIpc) is 3.71. The van der Waals surface area contributed by atoms with E-state index in [1.54, 1.807) is 0 Å². The van der Waals surface area contributed by atoms with E-state index in [4.69, 9.17) is 4.74 Å².